The number of amides is 2. The van der Waals surface area contributed by atoms with E-state index in [4.69, 9.17) is 4.74 Å². The van der Waals surface area contributed by atoms with E-state index in [0.29, 0.717) is 36.9 Å². The van der Waals surface area contributed by atoms with Gasteiger partial charge in [-0.2, -0.15) is 0 Å². The van der Waals surface area contributed by atoms with Crippen LogP contribution in [0.4, 0.5) is 0 Å². The molecule has 1 heterocycles. The molecule has 1 atom stereocenters. The zero-order chi connectivity index (χ0) is 26.8. The molecule has 0 N–H and O–H groups in total. The van der Waals surface area contributed by atoms with Crippen LogP contribution in [0.3, 0.4) is 0 Å². The monoisotopic (exact) mass is 507 g/mol. The minimum absolute atomic E-state index is 0.0421. The molecule has 2 aromatic rings. The number of hydrogen-bond acceptors (Lipinski definition) is 5. The molecular formula is C30H41N3O4. The maximum Gasteiger partial charge on any atom is 0.343 e. The zero-order valence-electron chi connectivity index (χ0n) is 22.7. The second kappa shape index (κ2) is 13.9. The highest BCUT2D eigenvalue weighted by molar-refractivity contribution is 5.90. The SMILES string of the molecule is CCN(CCCC(=O)N1CCC(C(=O)N(C)C)CC1)C(C)Cc1ccc(OC(=O)c2ccccc2)cc1. The summed E-state index contributed by atoms with van der Waals surface area (Å²) >= 11 is 0. The van der Waals surface area contributed by atoms with Crippen molar-refractivity contribution in [1.82, 2.24) is 14.7 Å². The first-order valence-electron chi connectivity index (χ1n) is 13.4. The van der Waals surface area contributed by atoms with Gasteiger partial charge in [0, 0.05) is 45.6 Å². The number of likely N-dealkylation sites (N-methyl/N-ethyl adjacent to an activating group) is 1. The molecule has 200 valence electrons. The summed E-state index contributed by atoms with van der Waals surface area (Å²) in [5, 5.41) is 0. The van der Waals surface area contributed by atoms with Gasteiger partial charge in [0.1, 0.15) is 5.75 Å². The van der Waals surface area contributed by atoms with Crippen LogP contribution in [0.25, 0.3) is 0 Å². The standard InChI is InChI=1S/C30H41N3O4/c1-5-32(19-9-12-28(34)33-20-17-25(18-21-33)29(35)31(3)4)23(2)22-24-13-15-27(16-14-24)37-30(36)26-10-7-6-8-11-26/h6-8,10-11,13-16,23,25H,5,9,12,17-22H2,1-4H3. The molecule has 0 bridgehead atoms. The molecule has 37 heavy (non-hydrogen) atoms. The van der Waals surface area contributed by atoms with E-state index in [0.717, 1.165) is 38.8 Å². The lowest BCUT2D eigenvalue weighted by Crippen LogP contribution is -2.43. The second-order valence-electron chi connectivity index (χ2n) is 10.1. The first-order valence-corrected chi connectivity index (χ1v) is 13.4. The van der Waals surface area contributed by atoms with Crippen molar-refractivity contribution in [3.8, 4) is 5.75 Å². The number of ether oxygens (including phenoxy) is 1. The fourth-order valence-corrected chi connectivity index (χ4v) is 4.93. The molecule has 1 aliphatic rings. The summed E-state index contributed by atoms with van der Waals surface area (Å²) in [6.07, 6.45) is 3.75. The van der Waals surface area contributed by atoms with Crippen LogP contribution in [0.1, 0.15) is 55.5 Å². The Balaban J connectivity index is 1.40. The van der Waals surface area contributed by atoms with Gasteiger partial charge in [0.25, 0.3) is 0 Å². The Hall–Kier alpha value is -3.19. The van der Waals surface area contributed by atoms with Crippen molar-refractivity contribution in [2.24, 2.45) is 5.92 Å². The minimum atomic E-state index is -0.361. The number of rotatable bonds is 11. The van der Waals surface area contributed by atoms with E-state index >= 15 is 0 Å². The molecule has 1 saturated heterocycles. The molecule has 7 heteroatoms. The Kier molecular flexibility index (Phi) is 10.7. The minimum Gasteiger partial charge on any atom is -0.423 e. The van der Waals surface area contributed by atoms with Gasteiger partial charge in [-0.15, -0.1) is 0 Å². The van der Waals surface area contributed by atoms with E-state index in [1.165, 1.54) is 5.56 Å². The van der Waals surface area contributed by atoms with Crippen molar-refractivity contribution in [3.05, 3.63) is 65.7 Å². The van der Waals surface area contributed by atoms with Crippen molar-refractivity contribution in [2.75, 3.05) is 40.3 Å². The van der Waals surface area contributed by atoms with E-state index in [9.17, 15) is 14.4 Å². The summed E-state index contributed by atoms with van der Waals surface area (Å²) in [6, 6.07) is 17.0. The molecule has 7 nitrogen and oxygen atoms in total. The van der Waals surface area contributed by atoms with E-state index in [-0.39, 0.29) is 23.7 Å². The second-order valence-corrected chi connectivity index (χ2v) is 10.1. The number of carbonyl (C=O) groups excluding carboxylic acids is 3. The quantitative estimate of drug-likeness (QED) is 0.336. The number of piperidine rings is 1. The normalized spacial score (nSPS) is 14.9. The van der Waals surface area contributed by atoms with Crippen molar-refractivity contribution in [1.29, 1.82) is 0 Å². The molecule has 0 aromatic heterocycles. The van der Waals surface area contributed by atoms with Gasteiger partial charge in [-0.3, -0.25) is 9.59 Å². The Morgan fingerprint density at radius 2 is 1.65 bits per heavy atom. The van der Waals surface area contributed by atoms with Crippen LogP contribution in [0.15, 0.2) is 54.6 Å². The summed E-state index contributed by atoms with van der Waals surface area (Å²) in [4.78, 5) is 43.1. The Bertz CT molecular complexity index is 1010. The molecule has 2 amide bonds. The molecule has 2 aromatic carbocycles. The van der Waals surface area contributed by atoms with Crippen molar-refractivity contribution < 1.29 is 19.1 Å². The molecule has 0 saturated carbocycles. The number of likely N-dealkylation sites (tertiary alicyclic amines) is 1. The van der Waals surface area contributed by atoms with Gasteiger partial charge in [0.05, 0.1) is 5.56 Å². The fraction of sp³-hybridized carbons (Fsp3) is 0.500. The number of nitrogens with zero attached hydrogens (tertiary/aromatic N) is 3. The molecule has 0 spiro atoms. The van der Waals surface area contributed by atoms with Crippen LogP contribution in [0.5, 0.6) is 5.75 Å². The highest BCUT2D eigenvalue weighted by Gasteiger charge is 2.28. The average molecular weight is 508 g/mol. The Labute approximate surface area is 221 Å². The summed E-state index contributed by atoms with van der Waals surface area (Å²) in [6.45, 7) is 7.49. The highest BCUT2D eigenvalue weighted by atomic mass is 16.5. The molecule has 0 radical (unpaired) electrons. The lowest BCUT2D eigenvalue weighted by atomic mass is 9.95. The number of hydrogen-bond donors (Lipinski definition) is 0. The fourth-order valence-electron chi connectivity index (χ4n) is 4.93. The third kappa shape index (κ3) is 8.42. The summed E-state index contributed by atoms with van der Waals surface area (Å²) in [5.74, 6) is 0.578. The van der Waals surface area contributed by atoms with E-state index in [1.54, 1.807) is 31.1 Å². The number of carbonyl (C=O) groups is 3. The summed E-state index contributed by atoms with van der Waals surface area (Å²) < 4.78 is 5.48. The largest absolute Gasteiger partial charge is 0.423 e. The van der Waals surface area contributed by atoms with Gasteiger partial charge >= 0.3 is 5.97 Å². The lowest BCUT2D eigenvalue weighted by Gasteiger charge is -2.33. The molecule has 1 aliphatic heterocycles. The first kappa shape index (κ1) is 28.4. The molecule has 1 fully saturated rings. The molecule has 1 unspecified atom stereocenters. The van der Waals surface area contributed by atoms with Crippen LogP contribution in [-0.4, -0.2) is 78.8 Å². The van der Waals surface area contributed by atoms with Crippen molar-refractivity contribution in [2.45, 2.75) is 52.0 Å². The molecule has 0 aliphatic carbocycles. The lowest BCUT2D eigenvalue weighted by molar-refractivity contribution is -0.139. The van der Waals surface area contributed by atoms with Crippen LogP contribution in [0, 0.1) is 5.92 Å². The summed E-state index contributed by atoms with van der Waals surface area (Å²) in [7, 11) is 3.58. The van der Waals surface area contributed by atoms with Crippen molar-refractivity contribution >= 4 is 17.8 Å². The Morgan fingerprint density at radius 3 is 2.24 bits per heavy atom. The topological polar surface area (TPSA) is 70.2 Å². The van der Waals surface area contributed by atoms with Crippen LogP contribution >= 0.6 is 0 Å². The molecular weight excluding hydrogens is 466 g/mol. The van der Waals surface area contributed by atoms with Gasteiger partial charge in [-0.25, -0.2) is 4.79 Å². The van der Waals surface area contributed by atoms with Crippen LogP contribution in [-0.2, 0) is 16.0 Å². The average Bonchev–Trinajstić information content (AvgIpc) is 2.92. The first-order chi connectivity index (χ1) is 17.8. The number of benzene rings is 2. The molecule has 3 rings (SSSR count). The van der Waals surface area contributed by atoms with E-state index < -0.39 is 0 Å². The summed E-state index contributed by atoms with van der Waals surface area (Å²) in [5.41, 5.74) is 1.71. The third-order valence-electron chi connectivity index (χ3n) is 7.18. The Morgan fingerprint density at radius 1 is 1.00 bits per heavy atom. The highest BCUT2D eigenvalue weighted by Crippen LogP contribution is 2.20. The van der Waals surface area contributed by atoms with Crippen LogP contribution in [0.2, 0.25) is 0 Å². The van der Waals surface area contributed by atoms with E-state index in [2.05, 4.69) is 18.7 Å². The maximum absolute atomic E-state index is 12.7. The van der Waals surface area contributed by atoms with Crippen LogP contribution < -0.4 is 4.74 Å². The van der Waals surface area contributed by atoms with Gasteiger partial charge in [-0.1, -0.05) is 37.3 Å². The predicted octanol–water partition coefficient (Wildman–Crippen LogP) is 4.27. The van der Waals surface area contributed by atoms with E-state index in [1.807, 2.05) is 47.4 Å². The van der Waals surface area contributed by atoms with Gasteiger partial charge < -0.3 is 19.4 Å². The predicted molar refractivity (Wildman–Crippen MR) is 145 cm³/mol. The third-order valence-corrected chi connectivity index (χ3v) is 7.18. The van der Waals surface area contributed by atoms with Gasteiger partial charge in [0.2, 0.25) is 11.8 Å². The van der Waals surface area contributed by atoms with Crippen molar-refractivity contribution in [3.63, 3.8) is 0 Å². The van der Waals surface area contributed by atoms with Gasteiger partial charge in [0.15, 0.2) is 0 Å². The number of esters is 1. The maximum atomic E-state index is 12.7. The van der Waals surface area contributed by atoms with Gasteiger partial charge in [-0.05, 0) is 75.5 Å². The smallest absolute Gasteiger partial charge is 0.343 e. The zero-order valence-corrected chi connectivity index (χ0v) is 22.7.